The van der Waals surface area contributed by atoms with Crippen LogP contribution in [0.3, 0.4) is 0 Å². The predicted octanol–water partition coefficient (Wildman–Crippen LogP) is 3.48. The monoisotopic (exact) mass is 433 g/mol. The van der Waals surface area contributed by atoms with Crippen LogP contribution < -0.4 is 15.8 Å². The summed E-state index contributed by atoms with van der Waals surface area (Å²) < 4.78 is 5.23. The van der Waals surface area contributed by atoms with E-state index < -0.39 is 5.91 Å². The maximum absolute atomic E-state index is 13.0. The third-order valence-corrected chi connectivity index (χ3v) is 4.97. The highest BCUT2D eigenvalue weighted by Crippen LogP contribution is 2.41. The van der Waals surface area contributed by atoms with Crippen molar-refractivity contribution in [1.29, 1.82) is 0 Å². The number of fused-ring (bicyclic) bond motifs is 1. The van der Waals surface area contributed by atoms with Crippen molar-refractivity contribution in [3.63, 3.8) is 0 Å². The fourth-order valence-corrected chi connectivity index (χ4v) is 3.34. The molecule has 0 aliphatic carbocycles. The summed E-state index contributed by atoms with van der Waals surface area (Å²) in [5, 5.41) is 3.26. The van der Waals surface area contributed by atoms with Crippen molar-refractivity contribution >= 4 is 57.4 Å². The Bertz CT molecular complexity index is 1130. The maximum Gasteiger partial charge on any atom is 0.257 e. The molecule has 0 atom stereocenters. The molecule has 0 spiro atoms. The van der Waals surface area contributed by atoms with E-state index in [9.17, 15) is 9.59 Å². The number of amides is 2. The number of rotatable bonds is 4. The van der Waals surface area contributed by atoms with Crippen molar-refractivity contribution in [3.8, 4) is 5.75 Å². The molecule has 0 fully saturated rings. The van der Waals surface area contributed by atoms with Crippen LogP contribution in [0.2, 0.25) is 10.0 Å². The molecule has 0 aliphatic rings. The van der Waals surface area contributed by atoms with Crippen molar-refractivity contribution in [1.82, 2.24) is 14.9 Å². The Kier molecular flexibility index (Phi) is 5.76. The second-order valence-electron chi connectivity index (χ2n) is 6.24. The summed E-state index contributed by atoms with van der Waals surface area (Å²) in [6.45, 7) is 0. The Labute approximate surface area is 176 Å². The molecule has 3 N–H and O–H groups in total. The van der Waals surface area contributed by atoms with Crippen molar-refractivity contribution in [2.45, 2.75) is 0 Å². The van der Waals surface area contributed by atoms with Gasteiger partial charge in [-0.1, -0.05) is 29.3 Å². The van der Waals surface area contributed by atoms with E-state index in [1.54, 1.807) is 32.3 Å². The summed E-state index contributed by atoms with van der Waals surface area (Å²) in [6, 6.07) is 6.38. The summed E-state index contributed by atoms with van der Waals surface area (Å²) in [5.74, 6) is -0.456. The lowest BCUT2D eigenvalue weighted by Gasteiger charge is -2.18. The quantitative estimate of drug-likeness (QED) is 0.651. The molecule has 0 unspecified atom stereocenters. The third kappa shape index (κ3) is 3.76. The number of hydrogen-bond acceptors (Lipinski definition) is 6. The first kappa shape index (κ1) is 20.6. The van der Waals surface area contributed by atoms with E-state index in [1.807, 2.05) is 0 Å². The number of ether oxygens (including phenoxy) is 1. The van der Waals surface area contributed by atoms with Gasteiger partial charge in [0.2, 0.25) is 0 Å². The number of para-hydroxylation sites is 1. The first-order valence-corrected chi connectivity index (χ1v) is 9.10. The van der Waals surface area contributed by atoms with E-state index in [4.69, 9.17) is 33.7 Å². The highest BCUT2D eigenvalue weighted by atomic mass is 35.5. The van der Waals surface area contributed by atoms with Gasteiger partial charge in [0, 0.05) is 19.5 Å². The molecule has 1 heterocycles. The number of halogens is 2. The molecule has 0 bridgehead atoms. The van der Waals surface area contributed by atoms with Crippen LogP contribution in [0, 0.1) is 0 Å². The van der Waals surface area contributed by atoms with Gasteiger partial charge in [-0.05, 0) is 18.2 Å². The van der Waals surface area contributed by atoms with E-state index in [0.717, 1.165) is 0 Å². The second kappa shape index (κ2) is 8.10. The van der Waals surface area contributed by atoms with Gasteiger partial charge in [-0.15, -0.1) is 0 Å². The number of nitrogen functional groups attached to an aromatic ring is 1. The Morgan fingerprint density at radius 1 is 1.14 bits per heavy atom. The van der Waals surface area contributed by atoms with Crippen molar-refractivity contribution < 1.29 is 14.3 Å². The smallest absolute Gasteiger partial charge is 0.257 e. The van der Waals surface area contributed by atoms with Crippen LogP contribution in [0.5, 0.6) is 5.75 Å². The number of benzene rings is 2. The van der Waals surface area contributed by atoms with Crippen LogP contribution in [0.15, 0.2) is 30.6 Å². The van der Waals surface area contributed by atoms with Gasteiger partial charge in [-0.2, -0.15) is 0 Å². The molecule has 2 amide bonds. The average Bonchev–Trinajstić information content (AvgIpc) is 2.70. The normalized spacial score (nSPS) is 10.7. The molecular weight excluding hydrogens is 417 g/mol. The Balaban J connectivity index is 2.11. The van der Waals surface area contributed by atoms with Gasteiger partial charge in [0.1, 0.15) is 22.9 Å². The van der Waals surface area contributed by atoms with E-state index in [1.165, 1.54) is 24.4 Å². The highest BCUT2D eigenvalue weighted by molar-refractivity contribution is 6.43. The summed E-state index contributed by atoms with van der Waals surface area (Å²) in [7, 11) is 4.56. The topological polar surface area (TPSA) is 110 Å². The summed E-state index contributed by atoms with van der Waals surface area (Å²) in [6.07, 6.45) is 1.27. The number of hydrogen-bond donors (Lipinski definition) is 2. The van der Waals surface area contributed by atoms with Gasteiger partial charge in [0.05, 0.1) is 34.5 Å². The zero-order valence-electron chi connectivity index (χ0n) is 15.8. The van der Waals surface area contributed by atoms with Crippen LogP contribution in [-0.2, 0) is 0 Å². The Morgan fingerprint density at radius 3 is 2.52 bits per heavy atom. The summed E-state index contributed by atoms with van der Waals surface area (Å²) >= 11 is 12.8. The summed E-state index contributed by atoms with van der Waals surface area (Å²) in [4.78, 5) is 34.9. The number of methoxy groups -OCH3 is 1. The molecule has 2 aromatic carbocycles. The van der Waals surface area contributed by atoms with Crippen molar-refractivity contribution in [2.75, 3.05) is 32.3 Å². The molecule has 0 radical (unpaired) electrons. The van der Waals surface area contributed by atoms with Crippen LogP contribution in [0.1, 0.15) is 20.7 Å². The van der Waals surface area contributed by atoms with Crippen LogP contribution >= 0.6 is 23.2 Å². The Morgan fingerprint density at radius 2 is 1.86 bits per heavy atom. The van der Waals surface area contributed by atoms with E-state index in [0.29, 0.717) is 10.9 Å². The molecule has 150 valence electrons. The van der Waals surface area contributed by atoms with Crippen LogP contribution in [0.4, 0.5) is 11.5 Å². The second-order valence-corrected chi connectivity index (χ2v) is 7.00. The highest BCUT2D eigenvalue weighted by Gasteiger charge is 2.24. The first-order chi connectivity index (χ1) is 13.8. The lowest BCUT2D eigenvalue weighted by atomic mass is 10.1. The summed E-state index contributed by atoms with van der Waals surface area (Å²) in [5.41, 5.74) is 6.67. The largest absolute Gasteiger partial charge is 0.495 e. The lowest BCUT2D eigenvalue weighted by Crippen LogP contribution is -2.23. The number of nitrogens with one attached hydrogen (secondary N) is 1. The van der Waals surface area contributed by atoms with Crippen molar-refractivity contribution in [3.05, 3.63) is 51.8 Å². The number of anilines is 2. The van der Waals surface area contributed by atoms with E-state index in [2.05, 4.69) is 15.3 Å². The number of nitrogens with zero attached hydrogens (tertiary/aromatic N) is 3. The molecule has 3 rings (SSSR count). The van der Waals surface area contributed by atoms with Crippen molar-refractivity contribution in [2.24, 2.45) is 0 Å². The SMILES string of the molecule is COc1cc(C(=O)N(C)C)c(Cl)c(NC(=O)c2cccc3c(N)ncnc23)c1Cl. The molecular formula is C19H17Cl2N5O3. The zero-order chi connectivity index (χ0) is 21.3. The molecule has 1 aromatic heterocycles. The molecule has 0 aliphatic heterocycles. The minimum atomic E-state index is -0.533. The standard InChI is InChI=1S/C19H17Cl2N5O3/c1-26(2)19(28)11-7-12(29-3)14(21)16(13(11)20)25-18(27)10-6-4-5-9-15(10)23-8-24-17(9)22/h4-8H,1-3H3,(H,25,27)(H2,22,23,24). The molecule has 8 nitrogen and oxygen atoms in total. The molecule has 0 saturated carbocycles. The number of nitrogens with two attached hydrogens (primary N) is 1. The molecule has 0 saturated heterocycles. The third-order valence-electron chi connectivity index (χ3n) is 4.20. The fraction of sp³-hybridized carbons (Fsp3) is 0.158. The average molecular weight is 434 g/mol. The maximum atomic E-state index is 13.0. The number of carbonyl (C=O) groups excluding carboxylic acids is 2. The van der Waals surface area contributed by atoms with Gasteiger partial charge in [-0.25, -0.2) is 9.97 Å². The van der Waals surface area contributed by atoms with Crippen LogP contribution in [0.25, 0.3) is 10.9 Å². The predicted molar refractivity (Wildman–Crippen MR) is 113 cm³/mol. The number of aromatic nitrogens is 2. The molecule has 29 heavy (non-hydrogen) atoms. The minimum absolute atomic E-state index is 0.00257. The van der Waals surface area contributed by atoms with Gasteiger partial charge in [-0.3, -0.25) is 9.59 Å². The zero-order valence-corrected chi connectivity index (χ0v) is 17.3. The van der Waals surface area contributed by atoms with Gasteiger partial charge >= 0.3 is 0 Å². The van der Waals surface area contributed by atoms with E-state index >= 15 is 0 Å². The minimum Gasteiger partial charge on any atom is -0.495 e. The van der Waals surface area contributed by atoms with Gasteiger partial charge in [0.25, 0.3) is 11.8 Å². The Hall–Kier alpha value is -3.10. The number of carbonyl (C=O) groups is 2. The first-order valence-electron chi connectivity index (χ1n) is 8.34. The van der Waals surface area contributed by atoms with Crippen LogP contribution in [-0.4, -0.2) is 47.9 Å². The lowest BCUT2D eigenvalue weighted by molar-refractivity contribution is 0.0827. The van der Waals surface area contributed by atoms with Gasteiger partial charge < -0.3 is 20.7 Å². The molecule has 10 heteroatoms. The van der Waals surface area contributed by atoms with E-state index in [-0.39, 0.29) is 44.3 Å². The van der Waals surface area contributed by atoms with Gasteiger partial charge in [0.15, 0.2) is 0 Å². The molecule has 3 aromatic rings. The fourth-order valence-electron chi connectivity index (χ4n) is 2.74.